The number of ether oxygens (including phenoxy) is 1. The molecule has 1 aliphatic heterocycles. The van der Waals surface area contributed by atoms with Crippen LogP contribution in [0.2, 0.25) is 0 Å². The normalized spacial score (nSPS) is 29.9. The van der Waals surface area contributed by atoms with Crippen molar-refractivity contribution in [3.63, 3.8) is 0 Å². The third-order valence-corrected chi connectivity index (χ3v) is 5.41. The van der Waals surface area contributed by atoms with Crippen LogP contribution >= 0.6 is 11.3 Å². The number of hydrogen-bond donors (Lipinski definition) is 2. The molecule has 19 heavy (non-hydrogen) atoms. The van der Waals surface area contributed by atoms with Crippen LogP contribution in [0.1, 0.15) is 43.0 Å². The van der Waals surface area contributed by atoms with Crippen LogP contribution in [-0.4, -0.2) is 30.5 Å². The van der Waals surface area contributed by atoms with Crippen LogP contribution in [0.5, 0.6) is 0 Å². The standard InChI is InChI=1S/C15H23NO2S/c17-15(7-8-18-11-15)10-16-14(12-4-1-2-5-12)13-6-3-9-19-13/h3,6,9,12,14,16-17H,1-2,4-5,7-8,10-11H2. The van der Waals surface area contributed by atoms with E-state index in [-0.39, 0.29) is 0 Å². The first kappa shape index (κ1) is 13.6. The SMILES string of the molecule is OC1(CNC(c2cccs2)C2CCCC2)CCOC1. The molecule has 2 atom stereocenters. The Morgan fingerprint density at radius 3 is 2.95 bits per heavy atom. The Balaban J connectivity index is 1.65. The predicted molar refractivity (Wildman–Crippen MR) is 77.4 cm³/mol. The van der Waals surface area contributed by atoms with Crippen molar-refractivity contribution in [1.29, 1.82) is 0 Å². The van der Waals surface area contributed by atoms with Gasteiger partial charge >= 0.3 is 0 Å². The molecule has 4 heteroatoms. The van der Waals surface area contributed by atoms with Crippen molar-refractivity contribution >= 4 is 11.3 Å². The maximum atomic E-state index is 10.4. The highest BCUT2D eigenvalue weighted by molar-refractivity contribution is 7.10. The molecule has 0 aromatic carbocycles. The Hall–Kier alpha value is -0.420. The summed E-state index contributed by atoms with van der Waals surface area (Å²) >= 11 is 1.82. The fourth-order valence-corrected chi connectivity index (χ4v) is 4.19. The highest BCUT2D eigenvalue weighted by atomic mass is 32.1. The molecule has 2 unspecified atom stereocenters. The summed E-state index contributed by atoms with van der Waals surface area (Å²) in [5.41, 5.74) is -0.659. The minimum Gasteiger partial charge on any atom is -0.386 e. The van der Waals surface area contributed by atoms with E-state index >= 15 is 0 Å². The van der Waals surface area contributed by atoms with Crippen LogP contribution in [0.4, 0.5) is 0 Å². The van der Waals surface area contributed by atoms with Crippen LogP contribution in [0.3, 0.4) is 0 Å². The third-order valence-electron chi connectivity index (χ3n) is 4.45. The Morgan fingerprint density at radius 2 is 2.32 bits per heavy atom. The monoisotopic (exact) mass is 281 g/mol. The molecule has 3 rings (SSSR count). The summed E-state index contributed by atoms with van der Waals surface area (Å²) in [5.74, 6) is 0.726. The van der Waals surface area contributed by atoms with E-state index in [9.17, 15) is 5.11 Å². The average Bonchev–Trinajstić information content (AvgIpc) is 3.11. The lowest BCUT2D eigenvalue weighted by atomic mass is 9.95. The van der Waals surface area contributed by atoms with Gasteiger partial charge in [-0.25, -0.2) is 0 Å². The van der Waals surface area contributed by atoms with Crippen molar-refractivity contribution in [3.8, 4) is 0 Å². The highest BCUT2D eigenvalue weighted by Crippen LogP contribution is 2.37. The molecule has 0 bridgehead atoms. The van der Waals surface area contributed by atoms with Gasteiger partial charge in [0, 0.05) is 30.5 Å². The molecule has 2 N–H and O–H groups in total. The summed E-state index contributed by atoms with van der Waals surface area (Å²) in [6.07, 6.45) is 6.07. The minimum absolute atomic E-state index is 0.409. The molecule has 2 heterocycles. The van der Waals surface area contributed by atoms with E-state index in [4.69, 9.17) is 4.74 Å². The minimum atomic E-state index is -0.659. The lowest BCUT2D eigenvalue weighted by Crippen LogP contribution is -2.43. The van der Waals surface area contributed by atoms with Gasteiger partial charge in [-0.2, -0.15) is 0 Å². The molecular formula is C15H23NO2S. The molecule has 106 valence electrons. The zero-order valence-electron chi connectivity index (χ0n) is 11.3. The summed E-state index contributed by atoms with van der Waals surface area (Å²) in [7, 11) is 0. The van der Waals surface area contributed by atoms with Gasteiger partial charge in [0.25, 0.3) is 0 Å². The lowest BCUT2D eigenvalue weighted by Gasteiger charge is -2.28. The number of nitrogens with one attached hydrogen (secondary N) is 1. The fraction of sp³-hybridized carbons (Fsp3) is 0.733. The molecule has 1 aliphatic carbocycles. The maximum Gasteiger partial charge on any atom is 0.103 e. The van der Waals surface area contributed by atoms with Gasteiger partial charge in [0.15, 0.2) is 0 Å². The number of hydrogen-bond acceptors (Lipinski definition) is 4. The van der Waals surface area contributed by atoms with Gasteiger partial charge in [-0.1, -0.05) is 18.9 Å². The van der Waals surface area contributed by atoms with E-state index in [1.807, 2.05) is 11.3 Å². The van der Waals surface area contributed by atoms with Gasteiger partial charge < -0.3 is 15.2 Å². The summed E-state index contributed by atoms with van der Waals surface area (Å²) < 4.78 is 5.32. The van der Waals surface area contributed by atoms with Gasteiger partial charge in [0.2, 0.25) is 0 Å². The van der Waals surface area contributed by atoms with E-state index in [1.165, 1.54) is 30.6 Å². The van der Waals surface area contributed by atoms with Crippen LogP contribution in [0.25, 0.3) is 0 Å². The number of aliphatic hydroxyl groups is 1. The van der Waals surface area contributed by atoms with Gasteiger partial charge in [0.1, 0.15) is 5.60 Å². The number of rotatable bonds is 5. The Kier molecular flexibility index (Phi) is 4.22. The molecule has 0 spiro atoms. The zero-order valence-corrected chi connectivity index (χ0v) is 12.1. The molecule has 1 aromatic rings. The summed E-state index contributed by atoms with van der Waals surface area (Å²) in [6.45, 7) is 1.80. The quantitative estimate of drug-likeness (QED) is 0.872. The van der Waals surface area contributed by atoms with Crippen LogP contribution in [-0.2, 0) is 4.74 Å². The fourth-order valence-electron chi connectivity index (χ4n) is 3.29. The molecule has 1 saturated heterocycles. The number of thiophene rings is 1. The first-order valence-corrected chi connectivity index (χ1v) is 8.22. The van der Waals surface area contributed by atoms with Gasteiger partial charge in [-0.05, 0) is 30.2 Å². The summed E-state index contributed by atoms with van der Waals surface area (Å²) in [4.78, 5) is 1.41. The molecule has 1 aromatic heterocycles. The Morgan fingerprint density at radius 1 is 1.47 bits per heavy atom. The van der Waals surface area contributed by atoms with Crippen molar-refractivity contribution in [2.24, 2.45) is 5.92 Å². The van der Waals surface area contributed by atoms with Gasteiger partial charge in [0.05, 0.1) is 6.61 Å². The second-order valence-electron chi connectivity index (χ2n) is 5.95. The lowest BCUT2D eigenvalue weighted by molar-refractivity contribution is 0.0231. The first-order valence-electron chi connectivity index (χ1n) is 7.34. The second kappa shape index (κ2) is 5.92. The molecule has 0 amide bonds. The topological polar surface area (TPSA) is 41.5 Å². The van der Waals surface area contributed by atoms with Crippen molar-refractivity contribution in [1.82, 2.24) is 5.32 Å². The molecule has 1 saturated carbocycles. The van der Waals surface area contributed by atoms with E-state index < -0.39 is 5.60 Å². The van der Waals surface area contributed by atoms with Crippen molar-refractivity contribution in [2.45, 2.75) is 43.7 Å². The van der Waals surface area contributed by atoms with Crippen molar-refractivity contribution in [2.75, 3.05) is 19.8 Å². The largest absolute Gasteiger partial charge is 0.386 e. The summed E-state index contributed by atoms with van der Waals surface area (Å²) in [5, 5.41) is 16.2. The average molecular weight is 281 g/mol. The molecule has 2 fully saturated rings. The van der Waals surface area contributed by atoms with Gasteiger partial charge in [-0.3, -0.25) is 0 Å². The van der Waals surface area contributed by atoms with Gasteiger partial charge in [-0.15, -0.1) is 11.3 Å². The molecule has 3 nitrogen and oxygen atoms in total. The van der Waals surface area contributed by atoms with E-state index in [1.54, 1.807) is 0 Å². The molecule has 2 aliphatic rings. The zero-order chi connectivity index (χ0) is 13.1. The second-order valence-corrected chi connectivity index (χ2v) is 6.92. The van der Waals surface area contributed by atoms with E-state index in [0.29, 0.717) is 25.8 Å². The molecular weight excluding hydrogens is 258 g/mol. The third kappa shape index (κ3) is 3.19. The predicted octanol–water partition coefficient (Wildman–Crippen LogP) is 2.72. The Bertz CT molecular complexity index is 381. The van der Waals surface area contributed by atoms with Crippen molar-refractivity contribution < 1.29 is 9.84 Å². The van der Waals surface area contributed by atoms with Crippen LogP contribution < -0.4 is 5.32 Å². The van der Waals surface area contributed by atoms with E-state index in [2.05, 4.69) is 22.8 Å². The maximum absolute atomic E-state index is 10.4. The van der Waals surface area contributed by atoms with Crippen LogP contribution in [0, 0.1) is 5.92 Å². The summed E-state index contributed by atoms with van der Waals surface area (Å²) in [6, 6.07) is 4.75. The van der Waals surface area contributed by atoms with Crippen molar-refractivity contribution in [3.05, 3.63) is 22.4 Å². The Labute approximate surface area is 119 Å². The smallest absolute Gasteiger partial charge is 0.103 e. The molecule has 0 radical (unpaired) electrons. The highest BCUT2D eigenvalue weighted by Gasteiger charge is 2.34. The van der Waals surface area contributed by atoms with E-state index in [0.717, 1.165) is 12.3 Å². The first-order chi connectivity index (χ1) is 9.27. The van der Waals surface area contributed by atoms with Crippen LogP contribution in [0.15, 0.2) is 17.5 Å².